The van der Waals surface area contributed by atoms with E-state index in [0.717, 1.165) is 16.2 Å². The van der Waals surface area contributed by atoms with Crippen molar-refractivity contribution in [2.75, 3.05) is 5.73 Å². The molecular weight excluding hydrogens is 250 g/mol. The van der Waals surface area contributed by atoms with Crippen molar-refractivity contribution >= 4 is 33.5 Å². The maximum Gasteiger partial charge on any atom is 0.190 e. The molecule has 0 fully saturated rings. The maximum absolute atomic E-state index is 5.58. The zero-order chi connectivity index (χ0) is 9.84. The van der Waals surface area contributed by atoms with Crippen LogP contribution in [0.2, 0.25) is 0 Å². The van der Waals surface area contributed by atoms with Gasteiger partial charge in [-0.2, -0.15) is 0 Å². The number of halogens is 1. The summed E-state index contributed by atoms with van der Waals surface area (Å²) in [6.45, 7) is 4.28. The van der Waals surface area contributed by atoms with Gasteiger partial charge in [0.25, 0.3) is 0 Å². The molecule has 1 heterocycles. The minimum atomic E-state index is 0.507. The summed E-state index contributed by atoms with van der Waals surface area (Å²) in [5.41, 5.74) is 5.58. The molecule has 1 aromatic heterocycles. The maximum atomic E-state index is 5.58. The van der Waals surface area contributed by atoms with Gasteiger partial charge in [-0.25, -0.2) is 9.97 Å². The lowest BCUT2D eigenvalue weighted by Gasteiger charge is -2.06. The molecule has 0 aromatic carbocycles. The molecule has 3 nitrogen and oxygen atoms in total. The summed E-state index contributed by atoms with van der Waals surface area (Å²) in [6, 6.07) is 1.70. The summed E-state index contributed by atoms with van der Waals surface area (Å²) in [5.74, 6) is 0.507. The average Bonchev–Trinajstić information content (AvgIpc) is 2.02. The van der Waals surface area contributed by atoms with Crippen molar-refractivity contribution in [3.63, 3.8) is 0 Å². The van der Waals surface area contributed by atoms with Gasteiger partial charge in [-0.05, 0) is 22.4 Å². The van der Waals surface area contributed by atoms with Crippen LogP contribution in [0.15, 0.2) is 15.8 Å². The van der Waals surface area contributed by atoms with Gasteiger partial charge in [0.2, 0.25) is 0 Å². The molecule has 1 aromatic rings. The number of hydrogen-bond donors (Lipinski definition) is 1. The molecule has 0 aliphatic heterocycles. The van der Waals surface area contributed by atoms with Crippen LogP contribution in [0, 0.1) is 0 Å². The highest BCUT2D eigenvalue weighted by molar-refractivity contribution is 9.10. The van der Waals surface area contributed by atoms with Crippen molar-refractivity contribution < 1.29 is 0 Å². The molecule has 0 aliphatic carbocycles. The standard InChI is InChI=1S/C8H12BrN3S/c1-3-5(2)13-8-11-6(9)4-7(10)12-8/h4-5H,3H2,1-2H3,(H2,10,11,12). The molecule has 0 spiro atoms. The molecule has 0 aliphatic rings. The lowest BCUT2D eigenvalue weighted by molar-refractivity contribution is 0.883. The van der Waals surface area contributed by atoms with Crippen LogP contribution in [0.25, 0.3) is 0 Å². The Labute approximate surface area is 90.7 Å². The quantitative estimate of drug-likeness (QED) is 0.517. The fourth-order valence-electron chi connectivity index (χ4n) is 0.729. The second-order valence-corrected chi connectivity index (χ2v) is 4.95. The number of nitrogen functional groups attached to an aromatic ring is 1. The average molecular weight is 262 g/mol. The van der Waals surface area contributed by atoms with E-state index in [4.69, 9.17) is 5.73 Å². The van der Waals surface area contributed by atoms with Gasteiger partial charge >= 0.3 is 0 Å². The monoisotopic (exact) mass is 261 g/mol. The van der Waals surface area contributed by atoms with Crippen molar-refractivity contribution in [1.29, 1.82) is 0 Å². The van der Waals surface area contributed by atoms with E-state index in [-0.39, 0.29) is 0 Å². The zero-order valence-corrected chi connectivity index (χ0v) is 10.0. The van der Waals surface area contributed by atoms with Gasteiger partial charge in [-0.15, -0.1) is 0 Å². The number of aromatic nitrogens is 2. The molecule has 5 heteroatoms. The van der Waals surface area contributed by atoms with Crippen molar-refractivity contribution in [3.8, 4) is 0 Å². The molecule has 0 bridgehead atoms. The highest BCUT2D eigenvalue weighted by Gasteiger charge is 2.05. The first-order valence-electron chi connectivity index (χ1n) is 4.08. The third-order valence-electron chi connectivity index (χ3n) is 1.58. The first kappa shape index (κ1) is 10.8. The fraction of sp³-hybridized carbons (Fsp3) is 0.500. The second kappa shape index (κ2) is 4.81. The molecule has 13 heavy (non-hydrogen) atoms. The lowest BCUT2D eigenvalue weighted by Crippen LogP contribution is -1.99. The number of nitrogens with zero attached hydrogens (tertiary/aromatic N) is 2. The van der Waals surface area contributed by atoms with Crippen LogP contribution in [0.5, 0.6) is 0 Å². The van der Waals surface area contributed by atoms with Crippen LogP contribution < -0.4 is 5.73 Å². The van der Waals surface area contributed by atoms with E-state index in [1.54, 1.807) is 17.8 Å². The van der Waals surface area contributed by atoms with E-state index in [2.05, 4.69) is 39.7 Å². The molecule has 0 saturated heterocycles. The molecule has 0 saturated carbocycles. The summed E-state index contributed by atoms with van der Waals surface area (Å²) in [4.78, 5) is 8.33. The van der Waals surface area contributed by atoms with Gasteiger partial charge in [-0.3, -0.25) is 0 Å². The molecule has 72 valence electrons. The van der Waals surface area contributed by atoms with Crippen LogP contribution in [-0.2, 0) is 0 Å². The van der Waals surface area contributed by atoms with E-state index < -0.39 is 0 Å². The number of hydrogen-bond acceptors (Lipinski definition) is 4. The fourth-order valence-corrected chi connectivity index (χ4v) is 2.08. The zero-order valence-electron chi connectivity index (χ0n) is 7.62. The van der Waals surface area contributed by atoms with Crippen LogP contribution in [0.4, 0.5) is 5.82 Å². The second-order valence-electron chi connectivity index (χ2n) is 2.73. The largest absolute Gasteiger partial charge is 0.384 e. The number of nitrogens with two attached hydrogens (primary N) is 1. The Hall–Kier alpha value is -0.290. The smallest absolute Gasteiger partial charge is 0.190 e. The van der Waals surface area contributed by atoms with Gasteiger partial charge in [0, 0.05) is 11.3 Å². The first-order chi connectivity index (χ1) is 6.11. The Morgan fingerprint density at radius 3 is 2.85 bits per heavy atom. The number of thioether (sulfide) groups is 1. The Bertz CT molecular complexity index is 272. The normalized spacial score (nSPS) is 12.8. The molecule has 1 rings (SSSR count). The van der Waals surface area contributed by atoms with Gasteiger partial charge in [-0.1, -0.05) is 25.6 Å². The highest BCUT2D eigenvalue weighted by Crippen LogP contribution is 2.23. The summed E-state index contributed by atoms with van der Waals surface area (Å²) in [6.07, 6.45) is 1.10. The SMILES string of the molecule is CCC(C)Sc1nc(N)cc(Br)n1. The molecule has 2 N–H and O–H groups in total. The highest BCUT2D eigenvalue weighted by atomic mass is 79.9. The molecule has 1 unspecified atom stereocenters. The Balaban J connectivity index is 2.77. The van der Waals surface area contributed by atoms with Crippen molar-refractivity contribution in [1.82, 2.24) is 9.97 Å². The predicted octanol–water partition coefficient (Wildman–Crippen LogP) is 2.71. The Morgan fingerprint density at radius 1 is 1.62 bits per heavy atom. The third kappa shape index (κ3) is 3.52. The first-order valence-corrected chi connectivity index (χ1v) is 5.75. The summed E-state index contributed by atoms with van der Waals surface area (Å²) < 4.78 is 0.741. The van der Waals surface area contributed by atoms with Crippen LogP contribution in [0.1, 0.15) is 20.3 Å². The Morgan fingerprint density at radius 2 is 2.31 bits per heavy atom. The van der Waals surface area contributed by atoms with Crippen molar-refractivity contribution in [2.24, 2.45) is 0 Å². The minimum Gasteiger partial charge on any atom is -0.384 e. The topological polar surface area (TPSA) is 51.8 Å². The Kier molecular flexibility index (Phi) is 3.99. The van der Waals surface area contributed by atoms with Crippen molar-refractivity contribution in [3.05, 3.63) is 10.7 Å². The van der Waals surface area contributed by atoms with Gasteiger partial charge < -0.3 is 5.73 Å². The van der Waals surface area contributed by atoms with Crippen molar-refractivity contribution in [2.45, 2.75) is 30.7 Å². The van der Waals surface area contributed by atoms with E-state index in [9.17, 15) is 0 Å². The van der Waals surface area contributed by atoms with E-state index in [0.29, 0.717) is 11.1 Å². The lowest BCUT2D eigenvalue weighted by atomic mass is 10.4. The predicted molar refractivity (Wildman–Crippen MR) is 59.8 cm³/mol. The van der Waals surface area contributed by atoms with Crippen LogP contribution in [-0.4, -0.2) is 15.2 Å². The third-order valence-corrected chi connectivity index (χ3v) is 3.11. The number of rotatable bonds is 3. The number of anilines is 1. The van der Waals surface area contributed by atoms with E-state index >= 15 is 0 Å². The van der Waals surface area contributed by atoms with Crippen LogP contribution >= 0.6 is 27.7 Å². The molecule has 0 radical (unpaired) electrons. The van der Waals surface area contributed by atoms with Gasteiger partial charge in [0.1, 0.15) is 10.4 Å². The summed E-state index contributed by atoms with van der Waals surface area (Å²) >= 11 is 4.92. The van der Waals surface area contributed by atoms with E-state index in [1.807, 2.05) is 0 Å². The summed E-state index contributed by atoms with van der Waals surface area (Å²) in [5, 5.41) is 1.26. The molecule has 0 amide bonds. The summed E-state index contributed by atoms with van der Waals surface area (Å²) in [7, 11) is 0. The van der Waals surface area contributed by atoms with E-state index in [1.165, 1.54) is 0 Å². The minimum absolute atomic E-state index is 0.507. The van der Waals surface area contributed by atoms with Gasteiger partial charge in [0.15, 0.2) is 5.16 Å². The van der Waals surface area contributed by atoms with Crippen LogP contribution in [0.3, 0.4) is 0 Å². The van der Waals surface area contributed by atoms with Gasteiger partial charge in [0.05, 0.1) is 0 Å². The molecular formula is C8H12BrN3S. The molecule has 1 atom stereocenters.